The van der Waals surface area contributed by atoms with Crippen LogP contribution in [0.15, 0.2) is 12.2 Å². The Morgan fingerprint density at radius 2 is 1.86 bits per heavy atom. The first kappa shape index (κ1) is 11.8. The fraction of sp³-hybridized carbons (Fsp3) is 0.857. The molecule has 0 aliphatic heterocycles. The normalized spacial score (nSPS) is 21.8. The summed E-state index contributed by atoms with van der Waals surface area (Å²) in [6.07, 6.45) is 14.1. The van der Waals surface area contributed by atoms with Crippen LogP contribution in [0, 0.1) is 5.92 Å². The van der Waals surface area contributed by atoms with Crippen LogP contribution >= 0.6 is 0 Å². The van der Waals surface area contributed by atoms with E-state index in [1.165, 1.54) is 69.8 Å². The molecular formula is C14H26. The van der Waals surface area contributed by atoms with Crippen LogP contribution in [0.4, 0.5) is 0 Å². The molecule has 0 aromatic carbocycles. The fourth-order valence-corrected chi connectivity index (χ4v) is 2.48. The number of hydrogen-bond donors (Lipinski definition) is 0. The Morgan fingerprint density at radius 1 is 1.14 bits per heavy atom. The largest absolute Gasteiger partial charge is 0.0999 e. The van der Waals surface area contributed by atoms with Gasteiger partial charge in [0.05, 0.1) is 0 Å². The van der Waals surface area contributed by atoms with Crippen molar-refractivity contribution in [3.8, 4) is 0 Å². The van der Waals surface area contributed by atoms with Crippen molar-refractivity contribution in [2.45, 2.75) is 71.1 Å². The van der Waals surface area contributed by atoms with Gasteiger partial charge in [-0.2, -0.15) is 0 Å². The summed E-state index contributed by atoms with van der Waals surface area (Å²) in [7, 11) is 0. The van der Waals surface area contributed by atoms with E-state index >= 15 is 0 Å². The number of hydrogen-bond acceptors (Lipinski definition) is 0. The Bertz CT molecular complexity index is 157. The standard InChI is InChI=1S/C14H26/c1-3-4-5-6-7-8-9-14-11-10-13(2)12-14/h14H,2-12H2,1H3. The summed E-state index contributed by atoms with van der Waals surface area (Å²) >= 11 is 0. The zero-order chi connectivity index (χ0) is 10.2. The third kappa shape index (κ3) is 4.83. The minimum atomic E-state index is 0.994. The minimum absolute atomic E-state index is 0.994. The first-order chi connectivity index (χ1) is 6.83. The summed E-state index contributed by atoms with van der Waals surface area (Å²) in [5, 5.41) is 0. The van der Waals surface area contributed by atoms with E-state index in [2.05, 4.69) is 13.5 Å². The van der Waals surface area contributed by atoms with Gasteiger partial charge in [-0.05, 0) is 25.2 Å². The Hall–Kier alpha value is -0.260. The van der Waals surface area contributed by atoms with E-state index in [1.807, 2.05) is 0 Å². The van der Waals surface area contributed by atoms with Crippen molar-refractivity contribution in [2.24, 2.45) is 5.92 Å². The van der Waals surface area contributed by atoms with Gasteiger partial charge in [0.15, 0.2) is 0 Å². The maximum absolute atomic E-state index is 4.07. The average molecular weight is 194 g/mol. The zero-order valence-corrected chi connectivity index (χ0v) is 9.86. The van der Waals surface area contributed by atoms with Gasteiger partial charge >= 0.3 is 0 Å². The van der Waals surface area contributed by atoms with Gasteiger partial charge < -0.3 is 0 Å². The van der Waals surface area contributed by atoms with Gasteiger partial charge in [-0.15, -0.1) is 0 Å². The lowest BCUT2D eigenvalue weighted by molar-refractivity contribution is 0.467. The van der Waals surface area contributed by atoms with Gasteiger partial charge in [-0.25, -0.2) is 0 Å². The quantitative estimate of drug-likeness (QED) is 0.391. The topological polar surface area (TPSA) is 0 Å². The summed E-state index contributed by atoms with van der Waals surface area (Å²) in [6.45, 7) is 6.36. The predicted octanol–water partition coefficient (Wildman–Crippen LogP) is 5.09. The molecule has 1 aliphatic rings. The van der Waals surface area contributed by atoms with Crippen LogP contribution in [0.5, 0.6) is 0 Å². The van der Waals surface area contributed by atoms with E-state index in [0.717, 1.165) is 5.92 Å². The molecule has 0 aromatic heterocycles. The van der Waals surface area contributed by atoms with E-state index in [9.17, 15) is 0 Å². The van der Waals surface area contributed by atoms with Crippen molar-refractivity contribution in [1.29, 1.82) is 0 Å². The molecule has 0 amide bonds. The molecule has 1 atom stereocenters. The maximum Gasteiger partial charge on any atom is -0.0294 e. The lowest BCUT2D eigenvalue weighted by atomic mass is 9.99. The summed E-state index contributed by atoms with van der Waals surface area (Å²) in [4.78, 5) is 0. The van der Waals surface area contributed by atoms with E-state index in [4.69, 9.17) is 0 Å². The molecule has 1 saturated carbocycles. The van der Waals surface area contributed by atoms with Gasteiger partial charge in [0, 0.05) is 0 Å². The lowest BCUT2D eigenvalue weighted by Crippen LogP contribution is -1.92. The second kappa shape index (κ2) is 7.09. The van der Waals surface area contributed by atoms with E-state index < -0.39 is 0 Å². The van der Waals surface area contributed by atoms with E-state index in [0.29, 0.717) is 0 Å². The first-order valence-electron chi connectivity index (χ1n) is 6.49. The van der Waals surface area contributed by atoms with Crippen LogP contribution in [0.1, 0.15) is 71.1 Å². The molecule has 0 saturated heterocycles. The monoisotopic (exact) mass is 194 g/mol. The van der Waals surface area contributed by atoms with Crippen molar-refractivity contribution in [3.05, 3.63) is 12.2 Å². The number of unbranched alkanes of at least 4 members (excludes halogenated alkanes) is 5. The molecule has 82 valence electrons. The third-order valence-corrected chi connectivity index (χ3v) is 3.45. The van der Waals surface area contributed by atoms with Crippen LogP contribution < -0.4 is 0 Å². The Balaban J connectivity index is 1.86. The van der Waals surface area contributed by atoms with Crippen LogP contribution in [-0.2, 0) is 0 Å². The molecule has 0 heteroatoms. The molecular weight excluding hydrogens is 168 g/mol. The van der Waals surface area contributed by atoms with Crippen molar-refractivity contribution >= 4 is 0 Å². The highest BCUT2D eigenvalue weighted by molar-refractivity contribution is 5.01. The maximum atomic E-state index is 4.07. The highest BCUT2D eigenvalue weighted by Crippen LogP contribution is 2.32. The predicted molar refractivity (Wildman–Crippen MR) is 64.5 cm³/mol. The summed E-state index contributed by atoms with van der Waals surface area (Å²) in [6, 6.07) is 0. The molecule has 0 radical (unpaired) electrons. The molecule has 1 rings (SSSR count). The van der Waals surface area contributed by atoms with Gasteiger partial charge in [0.1, 0.15) is 0 Å². The zero-order valence-electron chi connectivity index (χ0n) is 9.86. The van der Waals surface area contributed by atoms with Gasteiger partial charge in [0.2, 0.25) is 0 Å². The average Bonchev–Trinajstić information content (AvgIpc) is 2.58. The Kier molecular flexibility index (Phi) is 5.98. The van der Waals surface area contributed by atoms with Crippen LogP contribution in [0.3, 0.4) is 0 Å². The van der Waals surface area contributed by atoms with E-state index in [1.54, 1.807) is 0 Å². The first-order valence-corrected chi connectivity index (χ1v) is 6.49. The van der Waals surface area contributed by atoms with Crippen LogP contribution in [0.2, 0.25) is 0 Å². The lowest BCUT2D eigenvalue weighted by Gasteiger charge is -2.07. The molecule has 0 bridgehead atoms. The minimum Gasteiger partial charge on any atom is -0.0999 e. The second-order valence-electron chi connectivity index (χ2n) is 4.92. The van der Waals surface area contributed by atoms with Gasteiger partial charge in [-0.3, -0.25) is 0 Å². The molecule has 0 nitrogen and oxygen atoms in total. The Labute approximate surface area is 89.8 Å². The van der Waals surface area contributed by atoms with Crippen molar-refractivity contribution in [2.75, 3.05) is 0 Å². The highest BCUT2D eigenvalue weighted by Gasteiger charge is 2.16. The molecule has 1 aliphatic carbocycles. The van der Waals surface area contributed by atoms with Crippen LogP contribution in [0.25, 0.3) is 0 Å². The summed E-state index contributed by atoms with van der Waals surface area (Å²) in [5.74, 6) is 0.994. The second-order valence-corrected chi connectivity index (χ2v) is 4.92. The molecule has 1 unspecified atom stereocenters. The van der Waals surface area contributed by atoms with Crippen molar-refractivity contribution < 1.29 is 0 Å². The van der Waals surface area contributed by atoms with Crippen molar-refractivity contribution in [3.63, 3.8) is 0 Å². The molecule has 0 N–H and O–H groups in total. The fourth-order valence-electron chi connectivity index (χ4n) is 2.48. The molecule has 1 fully saturated rings. The summed E-state index contributed by atoms with van der Waals surface area (Å²) < 4.78 is 0. The number of rotatable bonds is 7. The summed E-state index contributed by atoms with van der Waals surface area (Å²) in [5.41, 5.74) is 1.50. The highest BCUT2D eigenvalue weighted by atomic mass is 14.2. The molecule has 0 aromatic rings. The van der Waals surface area contributed by atoms with Crippen molar-refractivity contribution in [1.82, 2.24) is 0 Å². The van der Waals surface area contributed by atoms with Crippen LogP contribution in [-0.4, -0.2) is 0 Å². The molecule has 0 heterocycles. The van der Waals surface area contributed by atoms with Gasteiger partial charge in [0.25, 0.3) is 0 Å². The molecule has 0 spiro atoms. The Morgan fingerprint density at radius 3 is 2.50 bits per heavy atom. The third-order valence-electron chi connectivity index (χ3n) is 3.45. The smallest absolute Gasteiger partial charge is 0.0294 e. The molecule has 14 heavy (non-hydrogen) atoms. The number of allylic oxidation sites excluding steroid dienone is 1. The van der Waals surface area contributed by atoms with Gasteiger partial charge in [-0.1, -0.05) is 64.0 Å². The SMILES string of the molecule is C=C1CCC(CCCCCCCC)C1. The van der Waals surface area contributed by atoms with E-state index in [-0.39, 0.29) is 0 Å².